The Bertz CT molecular complexity index is 280. The van der Waals surface area contributed by atoms with Gasteiger partial charge in [-0.2, -0.15) is 15.4 Å². The Labute approximate surface area is 69.8 Å². The average Bonchev–Trinajstić information content (AvgIpc) is 2.52. The standard InChI is InChI=1S/C7H11N3O2/c1-3-7(2,12)6-5(4-11)8-10-9-6/h4,12H,3H2,1-2H3,(H,8,9,10)/t7-/m0/s1. The van der Waals surface area contributed by atoms with E-state index in [1.807, 2.05) is 6.92 Å². The molecular weight excluding hydrogens is 158 g/mol. The van der Waals surface area contributed by atoms with Crippen LogP contribution in [0, 0.1) is 0 Å². The molecule has 1 heterocycles. The summed E-state index contributed by atoms with van der Waals surface area (Å²) in [4.78, 5) is 10.4. The van der Waals surface area contributed by atoms with Crippen LogP contribution in [0.4, 0.5) is 0 Å². The Hall–Kier alpha value is -1.23. The Balaban J connectivity index is 3.08. The number of nitrogens with one attached hydrogen (secondary N) is 1. The minimum Gasteiger partial charge on any atom is -0.384 e. The molecular formula is C7H11N3O2. The average molecular weight is 169 g/mol. The van der Waals surface area contributed by atoms with Gasteiger partial charge >= 0.3 is 0 Å². The van der Waals surface area contributed by atoms with E-state index in [-0.39, 0.29) is 5.69 Å². The zero-order chi connectivity index (χ0) is 9.19. The first-order valence-electron chi connectivity index (χ1n) is 3.70. The second kappa shape index (κ2) is 3.02. The minimum atomic E-state index is -1.08. The summed E-state index contributed by atoms with van der Waals surface area (Å²) in [5.74, 6) is 0. The van der Waals surface area contributed by atoms with E-state index in [9.17, 15) is 9.90 Å². The summed E-state index contributed by atoms with van der Waals surface area (Å²) in [5, 5.41) is 19.3. The van der Waals surface area contributed by atoms with Gasteiger partial charge < -0.3 is 5.11 Å². The van der Waals surface area contributed by atoms with Crippen LogP contribution in [0.15, 0.2) is 0 Å². The molecule has 0 saturated heterocycles. The number of hydrogen-bond donors (Lipinski definition) is 2. The molecule has 0 fully saturated rings. The van der Waals surface area contributed by atoms with Gasteiger partial charge in [0.05, 0.1) is 0 Å². The molecule has 1 rings (SSSR count). The number of nitrogens with zero attached hydrogens (tertiary/aromatic N) is 2. The largest absolute Gasteiger partial charge is 0.384 e. The molecule has 1 atom stereocenters. The van der Waals surface area contributed by atoms with Crippen LogP contribution >= 0.6 is 0 Å². The molecule has 1 aromatic rings. The van der Waals surface area contributed by atoms with Gasteiger partial charge in [0.15, 0.2) is 12.0 Å². The lowest BCUT2D eigenvalue weighted by molar-refractivity contribution is 0.0474. The Kier molecular flexibility index (Phi) is 2.23. The molecule has 5 nitrogen and oxygen atoms in total. The molecule has 0 spiro atoms. The predicted molar refractivity (Wildman–Crippen MR) is 41.6 cm³/mol. The number of hydrogen-bond acceptors (Lipinski definition) is 4. The highest BCUT2D eigenvalue weighted by molar-refractivity contribution is 5.73. The highest BCUT2D eigenvalue weighted by atomic mass is 16.3. The first-order chi connectivity index (χ1) is 5.61. The Morgan fingerprint density at radius 1 is 1.67 bits per heavy atom. The van der Waals surface area contributed by atoms with Crippen molar-refractivity contribution in [2.75, 3.05) is 0 Å². The molecule has 66 valence electrons. The smallest absolute Gasteiger partial charge is 0.172 e. The maximum Gasteiger partial charge on any atom is 0.172 e. The number of carbonyl (C=O) groups is 1. The van der Waals surface area contributed by atoms with Crippen molar-refractivity contribution >= 4 is 6.29 Å². The maximum atomic E-state index is 10.4. The van der Waals surface area contributed by atoms with Crippen molar-refractivity contribution < 1.29 is 9.90 Å². The van der Waals surface area contributed by atoms with Gasteiger partial charge in [0.1, 0.15) is 11.3 Å². The van der Waals surface area contributed by atoms with Gasteiger partial charge in [-0.3, -0.25) is 4.79 Å². The van der Waals surface area contributed by atoms with E-state index in [1.165, 1.54) is 0 Å². The van der Waals surface area contributed by atoms with Gasteiger partial charge in [0.25, 0.3) is 0 Å². The summed E-state index contributed by atoms with van der Waals surface area (Å²) in [5.41, 5.74) is -0.606. The quantitative estimate of drug-likeness (QED) is 0.635. The van der Waals surface area contributed by atoms with Crippen molar-refractivity contribution in [1.29, 1.82) is 0 Å². The molecule has 0 saturated carbocycles. The monoisotopic (exact) mass is 169 g/mol. The van der Waals surface area contributed by atoms with Crippen LogP contribution in [-0.4, -0.2) is 26.8 Å². The minimum absolute atomic E-state index is 0.168. The first-order valence-corrected chi connectivity index (χ1v) is 3.70. The fraction of sp³-hybridized carbons (Fsp3) is 0.571. The summed E-state index contributed by atoms with van der Waals surface area (Å²) >= 11 is 0. The molecule has 0 unspecified atom stereocenters. The van der Waals surface area contributed by atoms with Crippen molar-refractivity contribution in [3.63, 3.8) is 0 Å². The molecule has 0 bridgehead atoms. The number of aromatic nitrogens is 3. The van der Waals surface area contributed by atoms with Crippen LogP contribution in [0.25, 0.3) is 0 Å². The SMILES string of the molecule is CC[C@](C)(O)c1n[nH]nc1C=O. The van der Waals surface area contributed by atoms with Crippen LogP contribution in [0.3, 0.4) is 0 Å². The van der Waals surface area contributed by atoms with Crippen LogP contribution in [0.5, 0.6) is 0 Å². The normalized spacial score (nSPS) is 15.6. The second-order valence-corrected chi connectivity index (χ2v) is 2.80. The summed E-state index contributed by atoms with van der Waals surface area (Å²) in [6.45, 7) is 3.40. The molecule has 0 amide bonds. The van der Waals surface area contributed by atoms with Crippen LogP contribution in [0.1, 0.15) is 36.5 Å². The Morgan fingerprint density at radius 3 is 2.83 bits per heavy atom. The van der Waals surface area contributed by atoms with Gasteiger partial charge in [-0.25, -0.2) is 0 Å². The van der Waals surface area contributed by atoms with E-state index < -0.39 is 5.60 Å². The zero-order valence-electron chi connectivity index (χ0n) is 7.03. The number of aliphatic hydroxyl groups is 1. The number of aromatic amines is 1. The van der Waals surface area contributed by atoms with E-state index in [0.717, 1.165) is 0 Å². The van der Waals surface area contributed by atoms with Crippen molar-refractivity contribution in [2.45, 2.75) is 25.9 Å². The Morgan fingerprint density at radius 2 is 2.33 bits per heavy atom. The lowest BCUT2D eigenvalue weighted by Gasteiger charge is -2.17. The van der Waals surface area contributed by atoms with Crippen LogP contribution in [0.2, 0.25) is 0 Å². The zero-order valence-corrected chi connectivity index (χ0v) is 7.03. The topological polar surface area (TPSA) is 78.9 Å². The van der Waals surface area contributed by atoms with Gasteiger partial charge in [-0.05, 0) is 13.3 Å². The third-order valence-electron chi connectivity index (χ3n) is 1.89. The predicted octanol–water partition coefficient (Wildman–Crippen LogP) is 0.235. The van der Waals surface area contributed by atoms with Crippen LogP contribution < -0.4 is 0 Å². The van der Waals surface area contributed by atoms with Gasteiger partial charge in [-0.15, -0.1) is 0 Å². The van der Waals surface area contributed by atoms with Crippen molar-refractivity contribution in [3.8, 4) is 0 Å². The lowest BCUT2D eigenvalue weighted by atomic mass is 9.98. The van der Waals surface area contributed by atoms with E-state index in [4.69, 9.17) is 0 Å². The summed E-state index contributed by atoms with van der Waals surface area (Å²) < 4.78 is 0. The molecule has 5 heteroatoms. The van der Waals surface area contributed by atoms with E-state index >= 15 is 0 Å². The number of rotatable bonds is 3. The molecule has 0 aromatic carbocycles. The number of aldehydes is 1. The molecule has 0 radical (unpaired) electrons. The summed E-state index contributed by atoms with van der Waals surface area (Å²) in [6.07, 6.45) is 1.06. The lowest BCUT2D eigenvalue weighted by Crippen LogP contribution is -2.22. The maximum absolute atomic E-state index is 10.4. The fourth-order valence-electron chi connectivity index (χ4n) is 0.885. The highest BCUT2D eigenvalue weighted by Gasteiger charge is 2.27. The molecule has 12 heavy (non-hydrogen) atoms. The highest BCUT2D eigenvalue weighted by Crippen LogP contribution is 2.22. The van der Waals surface area contributed by atoms with Crippen molar-refractivity contribution in [2.24, 2.45) is 0 Å². The second-order valence-electron chi connectivity index (χ2n) is 2.80. The van der Waals surface area contributed by atoms with E-state index in [0.29, 0.717) is 18.4 Å². The van der Waals surface area contributed by atoms with E-state index in [2.05, 4.69) is 15.4 Å². The van der Waals surface area contributed by atoms with Gasteiger partial charge in [0.2, 0.25) is 0 Å². The third kappa shape index (κ3) is 1.35. The van der Waals surface area contributed by atoms with Crippen molar-refractivity contribution in [3.05, 3.63) is 11.4 Å². The molecule has 1 aromatic heterocycles. The third-order valence-corrected chi connectivity index (χ3v) is 1.89. The molecule has 0 aliphatic carbocycles. The van der Waals surface area contributed by atoms with E-state index in [1.54, 1.807) is 6.92 Å². The molecule has 0 aliphatic heterocycles. The number of carbonyl (C=O) groups excluding carboxylic acids is 1. The molecule has 2 N–H and O–H groups in total. The van der Waals surface area contributed by atoms with Gasteiger partial charge in [-0.1, -0.05) is 6.92 Å². The summed E-state index contributed by atoms with van der Waals surface area (Å²) in [6, 6.07) is 0. The number of H-pyrrole nitrogens is 1. The molecule has 0 aliphatic rings. The van der Waals surface area contributed by atoms with Gasteiger partial charge in [0, 0.05) is 0 Å². The first kappa shape index (κ1) is 8.86. The van der Waals surface area contributed by atoms with Crippen molar-refractivity contribution in [1.82, 2.24) is 15.4 Å². The summed E-state index contributed by atoms with van der Waals surface area (Å²) in [7, 11) is 0. The van der Waals surface area contributed by atoms with Crippen LogP contribution in [-0.2, 0) is 5.60 Å². The fourth-order valence-corrected chi connectivity index (χ4v) is 0.885.